The first-order valence-electron chi connectivity index (χ1n) is 7.00. The number of benzene rings is 2. The van der Waals surface area contributed by atoms with Crippen molar-refractivity contribution in [2.45, 2.75) is 6.42 Å². The number of H-pyrrole nitrogens is 1. The van der Waals surface area contributed by atoms with E-state index in [-0.39, 0.29) is 0 Å². The number of aromatic nitrogens is 4. The molecule has 23 heavy (non-hydrogen) atoms. The van der Waals surface area contributed by atoms with Crippen molar-refractivity contribution in [1.82, 2.24) is 20.4 Å². The summed E-state index contributed by atoms with van der Waals surface area (Å²) in [4.78, 5) is 0. The number of hydrogen-bond donors (Lipinski definition) is 2. The number of nitrogens with two attached hydrogens (primary N) is 1. The molecule has 3 N–H and O–H groups in total. The summed E-state index contributed by atoms with van der Waals surface area (Å²) in [6.45, 7) is 0. The van der Waals surface area contributed by atoms with Crippen LogP contribution in [0.3, 0.4) is 0 Å². The number of nitrogen functional groups attached to an aromatic ring is 1. The molecule has 0 spiro atoms. The van der Waals surface area contributed by atoms with Crippen molar-refractivity contribution in [3.63, 3.8) is 0 Å². The Morgan fingerprint density at radius 3 is 2.91 bits per heavy atom. The summed E-state index contributed by atoms with van der Waals surface area (Å²) in [5.41, 5.74) is 8.51. The molecule has 2 aromatic heterocycles. The Bertz CT molecular complexity index is 991. The van der Waals surface area contributed by atoms with E-state index in [4.69, 9.17) is 21.8 Å². The third-order valence-corrected chi connectivity index (χ3v) is 3.79. The molecule has 0 bridgehead atoms. The number of rotatable bonds is 3. The molecule has 0 amide bonds. The van der Waals surface area contributed by atoms with Crippen LogP contribution in [-0.4, -0.2) is 20.4 Å². The van der Waals surface area contributed by atoms with Crippen molar-refractivity contribution in [2.24, 2.45) is 0 Å². The molecule has 4 aromatic rings. The first-order chi connectivity index (χ1) is 11.2. The lowest BCUT2D eigenvalue weighted by Gasteiger charge is -1.98. The quantitative estimate of drug-likeness (QED) is 0.601. The monoisotopic (exact) mass is 325 g/mol. The average molecular weight is 326 g/mol. The Kier molecular flexibility index (Phi) is 3.24. The van der Waals surface area contributed by atoms with Crippen LogP contribution in [0.15, 0.2) is 46.9 Å². The van der Waals surface area contributed by atoms with Crippen molar-refractivity contribution in [3.8, 4) is 11.5 Å². The Morgan fingerprint density at radius 2 is 2.04 bits per heavy atom. The molecule has 7 heteroatoms. The lowest BCUT2D eigenvalue weighted by atomic mass is 10.1. The van der Waals surface area contributed by atoms with Crippen molar-refractivity contribution < 1.29 is 4.42 Å². The third kappa shape index (κ3) is 2.64. The summed E-state index contributed by atoms with van der Waals surface area (Å²) in [5.74, 6) is 1.42. The maximum Gasteiger partial charge on any atom is 0.247 e. The van der Waals surface area contributed by atoms with Gasteiger partial charge in [0.2, 0.25) is 11.8 Å². The van der Waals surface area contributed by atoms with Gasteiger partial charge in [-0.3, -0.25) is 5.10 Å². The minimum atomic E-state index is 0.445. The molecule has 6 nitrogen and oxygen atoms in total. The largest absolute Gasteiger partial charge is 0.420 e. The predicted molar refractivity (Wildman–Crippen MR) is 88.1 cm³/mol. The first kappa shape index (κ1) is 13.8. The number of fused-ring (bicyclic) bond motifs is 1. The van der Waals surface area contributed by atoms with E-state index in [2.05, 4.69) is 20.4 Å². The minimum Gasteiger partial charge on any atom is -0.420 e. The summed E-state index contributed by atoms with van der Waals surface area (Å²) < 4.78 is 5.74. The van der Waals surface area contributed by atoms with Crippen LogP contribution < -0.4 is 5.73 Å². The van der Waals surface area contributed by atoms with Crippen LogP contribution in [-0.2, 0) is 6.42 Å². The molecule has 4 rings (SSSR count). The van der Waals surface area contributed by atoms with Gasteiger partial charge in [0, 0.05) is 16.0 Å². The van der Waals surface area contributed by atoms with Gasteiger partial charge in [-0.25, -0.2) is 0 Å². The molecule has 0 radical (unpaired) electrons. The number of nitrogens with zero attached hydrogens (tertiary/aromatic N) is 3. The van der Waals surface area contributed by atoms with Gasteiger partial charge >= 0.3 is 0 Å². The Balaban J connectivity index is 1.64. The van der Waals surface area contributed by atoms with Gasteiger partial charge < -0.3 is 10.2 Å². The van der Waals surface area contributed by atoms with Gasteiger partial charge in [0.1, 0.15) is 0 Å². The summed E-state index contributed by atoms with van der Waals surface area (Å²) >= 11 is 5.98. The number of halogens is 1. The zero-order valence-electron chi connectivity index (χ0n) is 12.0. The fourth-order valence-corrected chi connectivity index (χ4v) is 2.64. The van der Waals surface area contributed by atoms with Crippen molar-refractivity contribution in [1.29, 1.82) is 0 Å². The highest BCUT2D eigenvalue weighted by Crippen LogP contribution is 2.26. The minimum absolute atomic E-state index is 0.445. The van der Waals surface area contributed by atoms with Crippen LogP contribution in [0.5, 0.6) is 0 Å². The summed E-state index contributed by atoms with van der Waals surface area (Å²) in [7, 11) is 0. The first-order valence-corrected chi connectivity index (χ1v) is 7.37. The van der Waals surface area contributed by atoms with Gasteiger partial charge in [-0.05, 0) is 35.9 Å². The predicted octanol–water partition coefficient (Wildman–Crippen LogP) is 3.44. The zero-order valence-corrected chi connectivity index (χ0v) is 12.7. The van der Waals surface area contributed by atoms with E-state index >= 15 is 0 Å². The summed E-state index contributed by atoms with van der Waals surface area (Å²) in [5, 5.41) is 16.5. The van der Waals surface area contributed by atoms with Crippen LogP contribution in [0, 0.1) is 0 Å². The second-order valence-electron chi connectivity index (χ2n) is 5.18. The molecule has 0 aliphatic rings. The molecule has 0 fully saturated rings. The Morgan fingerprint density at radius 1 is 1.13 bits per heavy atom. The fourth-order valence-electron chi connectivity index (χ4n) is 2.43. The van der Waals surface area contributed by atoms with E-state index in [0.29, 0.717) is 29.0 Å². The highest BCUT2D eigenvalue weighted by atomic mass is 35.5. The summed E-state index contributed by atoms with van der Waals surface area (Å²) in [6, 6.07) is 13.2. The van der Waals surface area contributed by atoms with E-state index in [1.54, 1.807) is 0 Å². The van der Waals surface area contributed by atoms with Crippen molar-refractivity contribution >= 4 is 28.3 Å². The molecular formula is C16H12ClN5O. The van der Waals surface area contributed by atoms with Gasteiger partial charge in [-0.15, -0.1) is 10.2 Å². The molecule has 0 aliphatic carbocycles. The number of aromatic amines is 1. The standard InChI is InChI=1S/C16H12ClN5O/c17-11-3-1-2-9(6-11)7-14-20-22-16(23-14)10-4-5-13-12(8-10)15(18)21-19-13/h1-6,8H,7H2,(H3,18,19,21). The molecule has 0 saturated heterocycles. The van der Waals surface area contributed by atoms with Crippen LogP contribution in [0.25, 0.3) is 22.4 Å². The molecule has 0 aliphatic heterocycles. The molecule has 2 heterocycles. The SMILES string of the molecule is Nc1n[nH]c2ccc(-c3nnc(Cc4cccc(Cl)c4)o3)cc12. The fraction of sp³-hybridized carbons (Fsp3) is 0.0625. The Labute approximate surface area is 136 Å². The molecular weight excluding hydrogens is 314 g/mol. The van der Waals surface area contributed by atoms with E-state index in [9.17, 15) is 0 Å². The van der Waals surface area contributed by atoms with E-state index in [1.807, 2.05) is 42.5 Å². The second-order valence-corrected chi connectivity index (χ2v) is 5.61. The van der Waals surface area contributed by atoms with Crippen LogP contribution >= 0.6 is 11.6 Å². The topological polar surface area (TPSA) is 93.6 Å². The molecule has 114 valence electrons. The van der Waals surface area contributed by atoms with E-state index in [0.717, 1.165) is 22.0 Å². The van der Waals surface area contributed by atoms with Gasteiger partial charge in [0.25, 0.3) is 0 Å². The maximum absolute atomic E-state index is 5.98. The third-order valence-electron chi connectivity index (χ3n) is 3.55. The lowest BCUT2D eigenvalue weighted by Crippen LogP contribution is -1.87. The van der Waals surface area contributed by atoms with Gasteiger partial charge in [0.15, 0.2) is 5.82 Å². The number of anilines is 1. The van der Waals surface area contributed by atoms with Crippen LogP contribution in [0.2, 0.25) is 5.02 Å². The van der Waals surface area contributed by atoms with Crippen molar-refractivity contribution in [2.75, 3.05) is 5.73 Å². The van der Waals surface area contributed by atoms with Gasteiger partial charge in [0.05, 0.1) is 11.9 Å². The smallest absolute Gasteiger partial charge is 0.247 e. The number of hydrogen-bond acceptors (Lipinski definition) is 5. The van der Waals surface area contributed by atoms with E-state index < -0.39 is 0 Å². The molecule has 0 saturated carbocycles. The molecule has 2 aromatic carbocycles. The van der Waals surface area contributed by atoms with Gasteiger partial charge in [-0.2, -0.15) is 5.10 Å². The normalized spacial score (nSPS) is 11.2. The van der Waals surface area contributed by atoms with Crippen LogP contribution in [0.1, 0.15) is 11.5 Å². The molecule has 0 atom stereocenters. The average Bonchev–Trinajstić information content (AvgIpc) is 3.15. The van der Waals surface area contributed by atoms with E-state index in [1.165, 1.54) is 0 Å². The molecule has 0 unspecified atom stereocenters. The maximum atomic E-state index is 5.98. The number of nitrogens with one attached hydrogen (secondary N) is 1. The summed E-state index contributed by atoms with van der Waals surface area (Å²) in [6.07, 6.45) is 0.531. The highest BCUT2D eigenvalue weighted by Gasteiger charge is 2.11. The van der Waals surface area contributed by atoms with Crippen LogP contribution in [0.4, 0.5) is 5.82 Å². The lowest BCUT2D eigenvalue weighted by molar-refractivity contribution is 0.518. The Hall–Kier alpha value is -2.86. The van der Waals surface area contributed by atoms with Gasteiger partial charge in [-0.1, -0.05) is 23.7 Å². The highest BCUT2D eigenvalue weighted by molar-refractivity contribution is 6.30. The second kappa shape index (κ2) is 5.40. The van der Waals surface area contributed by atoms with Crippen molar-refractivity contribution in [3.05, 3.63) is 58.9 Å². The zero-order chi connectivity index (χ0) is 15.8.